The molecule has 3 aromatic carbocycles. The second-order valence-corrected chi connectivity index (χ2v) is 6.81. The quantitative estimate of drug-likeness (QED) is 0.467. The van der Waals surface area contributed by atoms with Crippen LogP contribution in [-0.2, 0) is 0 Å². The lowest BCUT2D eigenvalue weighted by atomic mass is 9.93. The third-order valence-electron chi connectivity index (χ3n) is 5.04. The minimum atomic E-state index is -0.202. The molecule has 1 aliphatic rings. The molecule has 134 valence electrons. The summed E-state index contributed by atoms with van der Waals surface area (Å²) >= 11 is 0. The maximum atomic E-state index is 13.1. The van der Waals surface area contributed by atoms with Crippen molar-refractivity contribution in [3.05, 3.63) is 113 Å². The monoisotopic (exact) mass is 355 g/mol. The zero-order valence-electron chi connectivity index (χ0n) is 15.3. The van der Waals surface area contributed by atoms with E-state index >= 15 is 0 Å². The molecule has 0 saturated heterocycles. The average Bonchev–Trinajstić information content (AvgIpc) is 2.86. The van der Waals surface area contributed by atoms with E-state index in [1.807, 2.05) is 12.1 Å². The van der Waals surface area contributed by atoms with Gasteiger partial charge < -0.3 is 5.32 Å². The second-order valence-electron chi connectivity index (χ2n) is 6.81. The summed E-state index contributed by atoms with van der Waals surface area (Å²) in [5, 5.41) is 3.53. The van der Waals surface area contributed by atoms with Gasteiger partial charge >= 0.3 is 0 Å². The molecule has 2 heteroatoms. The number of halogens is 1. The first-order valence-electron chi connectivity index (χ1n) is 9.28. The van der Waals surface area contributed by atoms with Gasteiger partial charge in [0.2, 0.25) is 0 Å². The molecule has 0 amide bonds. The van der Waals surface area contributed by atoms with Crippen LogP contribution in [0.4, 0.5) is 4.39 Å². The number of fused-ring (bicyclic) bond motifs is 2. The first-order chi connectivity index (χ1) is 13.2. The molecule has 1 unspecified atom stereocenters. The summed E-state index contributed by atoms with van der Waals surface area (Å²) in [6, 6.07) is 23.8. The minimum Gasteiger partial charge on any atom is -0.307 e. The molecule has 1 atom stereocenters. The van der Waals surface area contributed by atoms with Gasteiger partial charge in [-0.25, -0.2) is 4.39 Å². The van der Waals surface area contributed by atoms with Crippen molar-refractivity contribution in [2.45, 2.75) is 13.0 Å². The van der Waals surface area contributed by atoms with Gasteiger partial charge in [0.1, 0.15) is 5.82 Å². The van der Waals surface area contributed by atoms with Gasteiger partial charge in [0, 0.05) is 12.6 Å². The van der Waals surface area contributed by atoms with E-state index in [1.165, 1.54) is 40.0 Å². The third kappa shape index (κ3) is 3.76. The third-order valence-corrected chi connectivity index (χ3v) is 5.04. The lowest BCUT2D eigenvalue weighted by Gasteiger charge is -2.15. The molecule has 1 nitrogen and oxygen atoms in total. The maximum Gasteiger partial charge on any atom is 0.123 e. The van der Waals surface area contributed by atoms with Crippen LogP contribution in [0.3, 0.4) is 0 Å². The van der Waals surface area contributed by atoms with Crippen LogP contribution < -0.4 is 5.32 Å². The summed E-state index contributed by atoms with van der Waals surface area (Å²) < 4.78 is 13.1. The van der Waals surface area contributed by atoms with Gasteiger partial charge in [-0.15, -0.1) is 0 Å². The van der Waals surface area contributed by atoms with E-state index in [2.05, 4.69) is 79.0 Å². The van der Waals surface area contributed by atoms with Crippen LogP contribution in [0.25, 0.3) is 17.7 Å². The summed E-state index contributed by atoms with van der Waals surface area (Å²) in [5.41, 5.74) is 7.27. The van der Waals surface area contributed by atoms with Crippen LogP contribution in [0.1, 0.15) is 40.8 Å². The van der Waals surface area contributed by atoms with E-state index in [4.69, 9.17) is 0 Å². The van der Waals surface area contributed by atoms with Gasteiger partial charge in [-0.05, 0) is 52.4 Å². The fraction of sp³-hybridized carbons (Fsp3) is 0.120. The van der Waals surface area contributed by atoms with E-state index < -0.39 is 0 Å². The fourth-order valence-corrected chi connectivity index (χ4v) is 3.53. The Hall–Kier alpha value is -2.97. The Morgan fingerprint density at radius 2 is 1.37 bits per heavy atom. The molecule has 0 saturated carbocycles. The molecule has 0 aromatic heterocycles. The summed E-state index contributed by atoms with van der Waals surface area (Å²) in [7, 11) is 0. The molecule has 3 aromatic rings. The number of benzene rings is 3. The van der Waals surface area contributed by atoms with Gasteiger partial charge in [0.15, 0.2) is 0 Å². The van der Waals surface area contributed by atoms with Crippen molar-refractivity contribution in [2.24, 2.45) is 0 Å². The number of hydrogen-bond acceptors (Lipinski definition) is 1. The molecule has 0 heterocycles. The molecule has 0 aliphatic heterocycles. The zero-order valence-corrected chi connectivity index (χ0v) is 15.3. The Labute approximate surface area is 159 Å². The van der Waals surface area contributed by atoms with Gasteiger partial charge in [0.25, 0.3) is 0 Å². The Kier molecular flexibility index (Phi) is 4.99. The summed E-state index contributed by atoms with van der Waals surface area (Å²) in [6.45, 7) is 2.83. The SMILES string of the molecule is CC(NCC=C1c2ccccc2C=Cc2ccccc21)c1ccc(F)cc1. The lowest BCUT2D eigenvalue weighted by molar-refractivity contribution is 0.606. The molecule has 0 fully saturated rings. The predicted octanol–water partition coefficient (Wildman–Crippen LogP) is 6.09. The molecule has 1 aliphatic carbocycles. The fourth-order valence-electron chi connectivity index (χ4n) is 3.53. The number of nitrogens with one attached hydrogen (secondary N) is 1. The van der Waals surface area contributed by atoms with Crippen LogP contribution in [0.15, 0.2) is 78.9 Å². The topological polar surface area (TPSA) is 12.0 Å². The molecular formula is C25H22FN. The van der Waals surface area contributed by atoms with Gasteiger partial charge in [-0.1, -0.05) is 78.9 Å². The van der Waals surface area contributed by atoms with Crippen molar-refractivity contribution in [1.82, 2.24) is 5.32 Å². The Balaban J connectivity index is 1.62. The molecule has 1 N–H and O–H groups in total. The standard InChI is InChI=1S/C25H22FN/c1-18(19-12-14-22(26)15-13-19)27-17-16-25-23-8-4-2-6-20(23)10-11-21-7-3-5-9-24(21)25/h2-16,18,27H,17H2,1H3. The summed E-state index contributed by atoms with van der Waals surface area (Å²) in [5.74, 6) is -0.202. The van der Waals surface area contributed by atoms with Crippen molar-refractivity contribution >= 4 is 17.7 Å². The van der Waals surface area contributed by atoms with Crippen molar-refractivity contribution in [2.75, 3.05) is 6.54 Å². The summed E-state index contributed by atoms with van der Waals surface area (Å²) in [4.78, 5) is 0. The highest BCUT2D eigenvalue weighted by Crippen LogP contribution is 2.33. The van der Waals surface area contributed by atoms with Crippen LogP contribution in [0.2, 0.25) is 0 Å². The van der Waals surface area contributed by atoms with Crippen molar-refractivity contribution in [1.29, 1.82) is 0 Å². The van der Waals surface area contributed by atoms with Crippen LogP contribution in [0, 0.1) is 5.82 Å². The van der Waals surface area contributed by atoms with Gasteiger partial charge in [-0.3, -0.25) is 0 Å². The Bertz CT molecular complexity index is 947. The lowest BCUT2D eigenvalue weighted by Crippen LogP contribution is -2.18. The Morgan fingerprint density at radius 1 is 0.815 bits per heavy atom. The average molecular weight is 355 g/mol. The van der Waals surface area contributed by atoms with Crippen molar-refractivity contribution in [3.8, 4) is 0 Å². The van der Waals surface area contributed by atoms with E-state index in [1.54, 1.807) is 0 Å². The summed E-state index contributed by atoms with van der Waals surface area (Å²) in [6.07, 6.45) is 6.62. The van der Waals surface area contributed by atoms with Crippen LogP contribution in [0.5, 0.6) is 0 Å². The van der Waals surface area contributed by atoms with E-state index in [9.17, 15) is 4.39 Å². The van der Waals surface area contributed by atoms with Crippen molar-refractivity contribution in [3.63, 3.8) is 0 Å². The minimum absolute atomic E-state index is 0.150. The Morgan fingerprint density at radius 3 is 1.96 bits per heavy atom. The molecule has 27 heavy (non-hydrogen) atoms. The first kappa shape index (κ1) is 17.4. The number of rotatable bonds is 4. The smallest absolute Gasteiger partial charge is 0.123 e. The first-order valence-corrected chi connectivity index (χ1v) is 9.28. The number of hydrogen-bond donors (Lipinski definition) is 1. The zero-order chi connectivity index (χ0) is 18.6. The highest BCUT2D eigenvalue weighted by atomic mass is 19.1. The highest BCUT2D eigenvalue weighted by molar-refractivity contribution is 5.93. The van der Waals surface area contributed by atoms with Crippen LogP contribution >= 0.6 is 0 Å². The predicted molar refractivity (Wildman–Crippen MR) is 112 cm³/mol. The van der Waals surface area contributed by atoms with E-state index in [0.29, 0.717) is 0 Å². The van der Waals surface area contributed by atoms with Crippen LogP contribution in [-0.4, -0.2) is 6.54 Å². The second kappa shape index (κ2) is 7.73. The van der Waals surface area contributed by atoms with E-state index in [-0.39, 0.29) is 11.9 Å². The molecule has 4 rings (SSSR count). The van der Waals surface area contributed by atoms with Gasteiger partial charge in [0.05, 0.1) is 0 Å². The molecular weight excluding hydrogens is 333 g/mol. The molecule has 0 spiro atoms. The molecule has 0 radical (unpaired) electrons. The van der Waals surface area contributed by atoms with Gasteiger partial charge in [-0.2, -0.15) is 0 Å². The van der Waals surface area contributed by atoms with E-state index in [0.717, 1.165) is 12.1 Å². The molecule has 0 bridgehead atoms. The maximum absolute atomic E-state index is 13.1. The highest BCUT2D eigenvalue weighted by Gasteiger charge is 2.14. The van der Waals surface area contributed by atoms with Crippen molar-refractivity contribution < 1.29 is 4.39 Å². The normalized spacial score (nSPS) is 13.5. The largest absolute Gasteiger partial charge is 0.307 e.